The molecule has 5 nitrogen and oxygen atoms in total. The van der Waals surface area contributed by atoms with Crippen LogP contribution in [0.4, 0.5) is 0 Å². The summed E-state index contributed by atoms with van der Waals surface area (Å²) in [4.78, 5) is 12.3. The summed E-state index contributed by atoms with van der Waals surface area (Å²) in [6, 6.07) is 6.99. The summed E-state index contributed by atoms with van der Waals surface area (Å²) < 4.78 is 21.3. The topological polar surface area (TPSA) is 54.0 Å². The van der Waals surface area contributed by atoms with Crippen molar-refractivity contribution in [3.05, 3.63) is 65.7 Å². The van der Waals surface area contributed by atoms with Gasteiger partial charge in [-0.3, -0.25) is 4.79 Å². The van der Waals surface area contributed by atoms with E-state index in [4.69, 9.17) is 18.9 Å². The first kappa shape index (κ1) is 17.8. The van der Waals surface area contributed by atoms with E-state index in [0.717, 1.165) is 0 Å². The molecule has 0 N–H and O–H groups in total. The Kier molecular flexibility index (Phi) is 6.21. The minimum atomic E-state index is -0.338. The lowest BCUT2D eigenvalue weighted by atomic mass is 9.93. The Morgan fingerprint density at radius 2 is 1.71 bits per heavy atom. The Balaban J connectivity index is 2.14. The minimum absolute atomic E-state index is 0.0820. The number of ether oxygens (including phenoxy) is 4. The predicted octanol–water partition coefficient (Wildman–Crippen LogP) is 3.14. The molecule has 5 heteroatoms. The molecule has 2 atom stereocenters. The molecule has 1 aromatic rings. The summed E-state index contributed by atoms with van der Waals surface area (Å²) >= 11 is 0. The summed E-state index contributed by atoms with van der Waals surface area (Å²) in [5.41, 5.74) is 0.598. The highest BCUT2D eigenvalue weighted by Crippen LogP contribution is 2.28. The van der Waals surface area contributed by atoms with Gasteiger partial charge in [-0.1, -0.05) is 12.2 Å². The molecule has 128 valence electrons. The summed E-state index contributed by atoms with van der Waals surface area (Å²) in [5, 5.41) is 0. The largest absolute Gasteiger partial charge is 0.497 e. The summed E-state index contributed by atoms with van der Waals surface area (Å²) in [6.07, 6.45) is 6.76. The third kappa shape index (κ3) is 3.86. The Morgan fingerprint density at radius 3 is 2.25 bits per heavy atom. The number of carbonyl (C=O) groups excluding carboxylic acids is 1. The molecule has 0 bridgehead atoms. The van der Waals surface area contributed by atoms with Crippen LogP contribution in [0, 0.1) is 5.92 Å². The zero-order chi connectivity index (χ0) is 17.5. The van der Waals surface area contributed by atoms with Crippen LogP contribution in [-0.4, -0.2) is 40.3 Å². The highest BCUT2D eigenvalue weighted by Gasteiger charge is 2.29. The van der Waals surface area contributed by atoms with Gasteiger partial charge in [-0.15, -0.1) is 0 Å². The highest BCUT2D eigenvalue weighted by molar-refractivity contribution is 6.04. The number of methoxy groups -OCH3 is 4. The number of rotatable bonds is 7. The first-order valence-electron chi connectivity index (χ1n) is 7.54. The van der Waals surface area contributed by atoms with Gasteiger partial charge in [0.2, 0.25) is 0 Å². The zero-order valence-corrected chi connectivity index (χ0v) is 14.3. The van der Waals surface area contributed by atoms with E-state index >= 15 is 0 Å². The minimum Gasteiger partial charge on any atom is -0.497 e. The zero-order valence-electron chi connectivity index (χ0n) is 14.3. The van der Waals surface area contributed by atoms with Crippen molar-refractivity contribution >= 4 is 5.78 Å². The van der Waals surface area contributed by atoms with Gasteiger partial charge < -0.3 is 18.9 Å². The Labute approximate surface area is 142 Å². The van der Waals surface area contributed by atoms with Crippen LogP contribution in [0.2, 0.25) is 0 Å². The lowest BCUT2D eigenvalue weighted by Crippen LogP contribution is -2.27. The average Bonchev–Trinajstić information content (AvgIpc) is 2.64. The molecule has 0 heterocycles. The van der Waals surface area contributed by atoms with E-state index < -0.39 is 0 Å². The van der Waals surface area contributed by atoms with Gasteiger partial charge in [0.15, 0.2) is 17.3 Å². The second kappa shape index (κ2) is 8.36. The van der Waals surface area contributed by atoms with E-state index in [1.165, 1.54) is 0 Å². The van der Waals surface area contributed by atoms with E-state index in [1.807, 2.05) is 18.2 Å². The van der Waals surface area contributed by atoms with Crippen molar-refractivity contribution < 1.29 is 23.7 Å². The van der Waals surface area contributed by atoms with Crippen LogP contribution in [0.5, 0.6) is 5.75 Å². The normalized spacial score (nSPS) is 20.3. The molecule has 24 heavy (non-hydrogen) atoms. The van der Waals surface area contributed by atoms with Crippen molar-refractivity contribution in [3.63, 3.8) is 0 Å². The molecule has 0 spiro atoms. The lowest BCUT2D eigenvalue weighted by Gasteiger charge is -2.27. The number of benzene rings is 1. The molecule has 0 radical (unpaired) electrons. The van der Waals surface area contributed by atoms with E-state index in [9.17, 15) is 4.79 Å². The summed E-state index contributed by atoms with van der Waals surface area (Å²) in [6.45, 7) is 0. The maximum Gasteiger partial charge on any atom is 0.185 e. The van der Waals surface area contributed by atoms with Crippen molar-refractivity contribution in [1.82, 2.24) is 0 Å². The molecule has 2 unspecified atom stereocenters. The summed E-state index contributed by atoms with van der Waals surface area (Å²) in [7, 11) is 6.34. The van der Waals surface area contributed by atoms with Crippen LogP contribution in [0.3, 0.4) is 0 Å². The molecule has 2 rings (SSSR count). The van der Waals surface area contributed by atoms with Gasteiger partial charge in [-0.25, -0.2) is 0 Å². The van der Waals surface area contributed by atoms with E-state index in [1.54, 1.807) is 58.8 Å². The second-order valence-electron chi connectivity index (χ2n) is 5.18. The third-order valence-corrected chi connectivity index (χ3v) is 3.86. The average molecular weight is 330 g/mol. The van der Waals surface area contributed by atoms with Crippen LogP contribution in [0.25, 0.3) is 0 Å². The molecule has 0 aliphatic heterocycles. The maximum absolute atomic E-state index is 12.3. The number of ketones is 1. The Morgan fingerprint density at radius 1 is 1.00 bits per heavy atom. The molecular weight excluding hydrogens is 308 g/mol. The number of allylic oxidation sites excluding steroid dienone is 2. The fourth-order valence-electron chi connectivity index (χ4n) is 2.56. The van der Waals surface area contributed by atoms with Gasteiger partial charge >= 0.3 is 0 Å². The van der Waals surface area contributed by atoms with Gasteiger partial charge in [0.1, 0.15) is 11.9 Å². The molecular formula is C19H22O5. The monoisotopic (exact) mass is 330 g/mol. The maximum atomic E-state index is 12.3. The third-order valence-electron chi connectivity index (χ3n) is 3.86. The smallest absolute Gasteiger partial charge is 0.185 e. The molecule has 1 aliphatic rings. The second-order valence-corrected chi connectivity index (χ2v) is 5.18. The quantitative estimate of drug-likeness (QED) is 0.568. The molecule has 0 fully saturated rings. The van der Waals surface area contributed by atoms with Gasteiger partial charge in [0.25, 0.3) is 0 Å². The highest BCUT2D eigenvalue weighted by atomic mass is 16.5. The van der Waals surface area contributed by atoms with Crippen molar-refractivity contribution in [2.24, 2.45) is 5.92 Å². The number of hydrogen-bond donors (Lipinski definition) is 0. The van der Waals surface area contributed by atoms with Crippen molar-refractivity contribution in [2.75, 3.05) is 28.4 Å². The Bertz CT molecular complexity index is 655. The standard InChI is InChI=1S/C19H22O5/c1-21-15-9-5-13(6-10-15)16(20)11-7-14-8-12-17(22-2)19(24-4)18(14)23-3/h5-12,14,18H,1-4H3. The van der Waals surface area contributed by atoms with Gasteiger partial charge in [0, 0.05) is 18.6 Å². The number of carbonyl (C=O) groups is 1. The van der Waals surface area contributed by atoms with Gasteiger partial charge in [-0.2, -0.15) is 0 Å². The molecule has 1 aliphatic carbocycles. The Hall–Kier alpha value is -2.53. The first-order valence-corrected chi connectivity index (χ1v) is 7.54. The van der Waals surface area contributed by atoms with Crippen LogP contribution in [0.1, 0.15) is 10.4 Å². The number of hydrogen-bond acceptors (Lipinski definition) is 5. The molecule has 0 amide bonds. The van der Waals surface area contributed by atoms with Crippen LogP contribution < -0.4 is 4.74 Å². The summed E-state index contributed by atoms with van der Waals surface area (Å²) in [5.74, 6) is 1.74. The van der Waals surface area contributed by atoms with Gasteiger partial charge in [-0.05, 0) is 36.4 Å². The fourth-order valence-corrected chi connectivity index (χ4v) is 2.56. The molecule has 0 saturated heterocycles. The first-order chi connectivity index (χ1) is 11.6. The van der Waals surface area contributed by atoms with Crippen LogP contribution in [0.15, 0.2) is 60.1 Å². The fraction of sp³-hybridized carbons (Fsp3) is 0.316. The molecule has 0 saturated carbocycles. The van der Waals surface area contributed by atoms with E-state index in [2.05, 4.69) is 0 Å². The van der Waals surface area contributed by atoms with Crippen LogP contribution in [-0.2, 0) is 14.2 Å². The van der Waals surface area contributed by atoms with E-state index in [0.29, 0.717) is 22.8 Å². The van der Waals surface area contributed by atoms with Crippen molar-refractivity contribution in [1.29, 1.82) is 0 Å². The SMILES string of the molecule is COC1=C(OC)C(OC)C(C=CC(=O)c2ccc(OC)cc2)C=C1. The van der Waals surface area contributed by atoms with Crippen molar-refractivity contribution in [2.45, 2.75) is 6.10 Å². The molecule has 1 aromatic carbocycles. The van der Waals surface area contributed by atoms with Gasteiger partial charge in [0.05, 0.1) is 21.3 Å². The predicted molar refractivity (Wildman–Crippen MR) is 90.9 cm³/mol. The lowest BCUT2D eigenvalue weighted by molar-refractivity contribution is 0.0495. The van der Waals surface area contributed by atoms with Crippen molar-refractivity contribution in [3.8, 4) is 5.75 Å². The molecule has 0 aromatic heterocycles. The van der Waals surface area contributed by atoms with Crippen LogP contribution >= 0.6 is 0 Å². The van der Waals surface area contributed by atoms with E-state index in [-0.39, 0.29) is 17.8 Å².